The Balaban J connectivity index is 2.28. The number of rotatable bonds is 3. The summed E-state index contributed by atoms with van der Waals surface area (Å²) in [5.74, 6) is 0.900. The Morgan fingerprint density at radius 3 is 3.00 bits per heavy atom. The number of pyridine rings is 1. The molecule has 0 fully saturated rings. The summed E-state index contributed by atoms with van der Waals surface area (Å²) >= 11 is 5.12. The van der Waals surface area contributed by atoms with Crippen LogP contribution in [0.3, 0.4) is 0 Å². The Bertz CT molecular complexity index is 519. The number of aryl methyl sites for hydroxylation is 1. The molecule has 16 heavy (non-hydrogen) atoms. The maximum atomic E-state index is 5.12. The first kappa shape index (κ1) is 11.0. The minimum Gasteiger partial charge on any atom is -0.347 e. The lowest BCUT2D eigenvalue weighted by molar-refractivity contribution is 0.896. The fourth-order valence-corrected chi connectivity index (χ4v) is 1.79. The topological polar surface area (TPSA) is 41.6 Å². The molecule has 0 atom stereocenters. The lowest BCUT2D eigenvalue weighted by atomic mass is 10.2. The van der Waals surface area contributed by atoms with Gasteiger partial charge in [-0.25, -0.2) is 4.98 Å². The van der Waals surface area contributed by atoms with E-state index in [1.165, 1.54) is 0 Å². The van der Waals surface area contributed by atoms with Crippen LogP contribution >= 0.6 is 12.2 Å². The van der Waals surface area contributed by atoms with Crippen LogP contribution < -0.4 is 0 Å². The van der Waals surface area contributed by atoms with Gasteiger partial charge in [0.2, 0.25) is 0 Å². The minimum absolute atomic E-state index is 0.648. The summed E-state index contributed by atoms with van der Waals surface area (Å²) in [6, 6.07) is 5.86. The van der Waals surface area contributed by atoms with Crippen LogP contribution in [0.25, 0.3) is 0 Å². The number of hydrogen-bond acceptors (Lipinski definition) is 3. The molecule has 2 rings (SSSR count). The molecular weight excluding hydrogens is 218 g/mol. The van der Waals surface area contributed by atoms with E-state index in [4.69, 9.17) is 12.2 Å². The number of aromatic nitrogens is 3. The second-order valence-corrected chi connectivity index (χ2v) is 4.00. The molecule has 0 aliphatic carbocycles. The van der Waals surface area contributed by atoms with Crippen molar-refractivity contribution in [2.24, 2.45) is 0 Å². The first-order chi connectivity index (χ1) is 7.78. The number of hydrogen-bond donors (Lipinski definition) is 1. The minimum atomic E-state index is 0.648. The third kappa shape index (κ3) is 2.73. The highest BCUT2D eigenvalue weighted by Crippen LogP contribution is 2.05. The molecule has 2 heterocycles. The maximum absolute atomic E-state index is 5.12. The Morgan fingerprint density at radius 1 is 1.44 bits per heavy atom. The third-order valence-corrected chi connectivity index (χ3v) is 2.53. The van der Waals surface area contributed by atoms with Gasteiger partial charge >= 0.3 is 0 Å². The van der Waals surface area contributed by atoms with Crippen molar-refractivity contribution in [1.29, 1.82) is 0 Å². The standard InChI is InChI=1S/C12H13N3S/c1-2-10-7-12(16)15-11(14-10)6-9-4-3-5-13-8-9/h3-5,7-8H,2,6H2,1H3,(H,14,15,16). The molecule has 82 valence electrons. The molecule has 1 N–H and O–H groups in total. The average Bonchev–Trinajstić information content (AvgIpc) is 2.29. The van der Waals surface area contributed by atoms with Crippen LogP contribution in [0.4, 0.5) is 0 Å². The predicted octanol–water partition coefficient (Wildman–Crippen LogP) is 2.69. The van der Waals surface area contributed by atoms with Crippen molar-refractivity contribution < 1.29 is 0 Å². The monoisotopic (exact) mass is 231 g/mol. The highest BCUT2D eigenvalue weighted by molar-refractivity contribution is 7.71. The van der Waals surface area contributed by atoms with Crippen molar-refractivity contribution in [2.45, 2.75) is 19.8 Å². The summed E-state index contributed by atoms with van der Waals surface area (Å²) in [7, 11) is 0. The molecule has 0 spiro atoms. The number of aromatic amines is 1. The molecule has 0 bridgehead atoms. The molecule has 2 aromatic heterocycles. The second kappa shape index (κ2) is 4.99. The SMILES string of the molecule is CCc1cc(=S)nc(Cc2cccnc2)[nH]1. The van der Waals surface area contributed by atoms with Crippen LogP contribution in [0, 0.1) is 4.64 Å². The van der Waals surface area contributed by atoms with Crippen molar-refractivity contribution >= 4 is 12.2 Å². The van der Waals surface area contributed by atoms with Crippen LogP contribution in [-0.4, -0.2) is 15.0 Å². The summed E-state index contributed by atoms with van der Waals surface area (Å²) in [4.78, 5) is 11.7. The molecule has 0 aromatic carbocycles. The van der Waals surface area contributed by atoms with Crippen molar-refractivity contribution in [3.05, 3.63) is 52.3 Å². The zero-order valence-corrected chi connectivity index (χ0v) is 9.92. The van der Waals surface area contributed by atoms with E-state index in [0.29, 0.717) is 4.64 Å². The molecule has 4 heteroatoms. The molecule has 0 aliphatic heterocycles. The molecule has 0 unspecified atom stereocenters. The first-order valence-electron chi connectivity index (χ1n) is 5.26. The van der Waals surface area contributed by atoms with Crippen molar-refractivity contribution in [3.8, 4) is 0 Å². The van der Waals surface area contributed by atoms with Gasteiger partial charge < -0.3 is 4.98 Å². The highest BCUT2D eigenvalue weighted by atomic mass is 32.1. The fourth-order valence-electron chi connectivity index (χ4n) is 1.53. The van der Waals surface area contributed by atoms with Gasteiger partial charge in [0.05, 0.1) is 0 Å². The van der Waals surface area contributed by atoms with Gasteiger partial charge in [0.1, 0.15) is 10.5 Å². The van der Waals surface area contributed by atoms with Gasteiger partial charge in [-0.05, 0) is 24.1 Å². The Morgan fingerprint density at radius 2 is 2.31 bits per heavy atom. The van der Waals surface area contributed by atoms with Gasteiger partial charge in [0.15, 0.2) is 0 Å². The van der Waals surface area contributed by atoms with Crippen molar-refractivity contribution in [1.82, 2.24) is 15.0 Å². The number of nitrogens with one attached hydrogen (secondary N) is 1. The quantitative estimate of drug-likeness (QED) is 0.826. The maximum Gasteiger partial charge on any atom is 0.130 e. The number of nitrogens with zero attached hydrogens (tertiary/aromatic N) is 2. The third-order valence-electron chi connectivity index (χ3n) is 2.32. The largest absolute Gasteiger partial charge is 0.347 e. The lowest BCUT2D eigenvalue weighted by Gasteiger charge is -2.03. The van der Waals surface area contributed by atoms with Gasteiger partial charge in [-0.2, -0.15) is 0 Å². The van der Waals surface area contributed by atoms with Gasteiger partial charge in [0.25, 0.3) is 0 Å². The first-order valence-corrected chi connectivity index (χ1v) is 5.67. The Kier molecular flexibility index (Phi) is 3.41. The highest BCUT2D eigenvalue weighted by Gasteiger charge is 2.00. The van der Waals surface area contributed by atoms with Crippen LogP contribution in [-0.2, 0) is 12.8 Å². The molecule has 2 aromatic rings. The van der Waals surface area contributed by atoms with Gasteiger partial charge in [-0.15, -0.1) is 0 Å². The fraction of sp³-hybridized carbons (Fsp3) is 0.250. The van der Waals surface area contributed by atoms with E-state index in [1.807, 2.05) is 24.4 Å². The molecule has 0 amide bonds. The Hall–Kier alpha value is -1.55. The van der Waals surface area contributed by atoms with Crippen molar-refractivity contribution in [3.63, 3.8) is 0 Å². The summed E-state index contributed by atoms with van der Waals surface area (Å²) in [5.41, 5.74) is 2.26. The van der Waals surface area contributed by atoms with Crippen LogP contribution in [0.15, 0.2) is 30.6 Å². The van der Waals surface area contributed by atoms with E-state index in [2.05, 4.69) is 21.9 Å². The summed E-state index contributed by atoms with van der Waals surface area (Å²) in [6.07, 6.45) is 5.29. The summed E-state index contributed by atoms with van der Waals surface area (Å²) < 4.78 is 0.648. The van der Waals surface area contributed by atoms with E-state index < -0.39 is 0 Å². The summed E-state index contributed by atoms with van der Waals surface area (Å²) in [5, 5.41) is 0. The molecule has 0 aliphatic rings. The van der Waals surface area contributed by atoms with E-state index >= 15 is 0 Å². The average molecular weight is 231 g/mol. The molecule has 0 saturated carbocycles. The van der Waals surface area contributed by atoms with Crippen LogP contribution in [0.1, 0.15) is 24.0 Å². The van der Waals surface area contributed by atoms with Gasteiger partial charge in [-0.3, -0.25) is 4.98 Å². The molecule has 0 radical (unpaired) electrons. The van der Waals surface area contributed by atoms with E-state index in [9.17, 15) is 0 Å². The van der Waals surface area contributed by atoms with E-state index in [1.54, 1.807) is 6.20 Å². The van der Waals surface area contributed by atoms with Gasteiger partial charge in [0, 0.05) is 24.5 Å². The zero-order valence-electron chi connectivity index (χ0n) is 9.10. The predicted molar refractivity (Wildman–Crippen MR) is 65.8 cm³/mol. The molecular formula is C12H13N3S. The Labute approximate surface area is 99.6 Å². The number of H-pyrrole nitrogens is 1. The van der Waals surface area contributed by atoms with Crippen LogP contribution in [0.5, 0.6) is 0 Å². The smallest absolute Gasteiger partial charge is 0.130 e. The lowest BCUT2D eigenvalue weighted by Crippen LogP contribution is -2.00. The zero-order chi connectivity index (χ0) is 11.4. The summed E-state index contributed by atoms with van der Waals surface area (Å²) in [6.45, 7) is 2.09. The van der Waals surface area contributed by atoms with E-state index in [-0.39, 0.29) is 0 Å². The van der Waals surface area contributed by atoms with Crippen LogP contribution in [0.2, 0.25) is 0 Å². The van der Waals surface area contributed by atoms with Gasteiger partial charge in [-0.1, -0.05) is 25.2 Å². The second-order valence-electron chi connectivity index (χ2n) is 3.58. The molecule has 3 nitrogen and oxygen atoms in total. The van der Waals surface area contributed by atoms with Crippen molar-refractivity contribution in [2.75, 3.05) is 0 Å². The normalized spacial score (nSPS) is 10.3. The van der Waals surface area contributed by atoms with E-state index in [0.717, 1.165) is 29.9 Å². The molecule has 0 saturated heterocycles.